The van der Waals surface area contributed by atoms with Gasteiger partial charge in [-0.1, -0.05) is 15.9 Å². The zero-order valence-electron chi connectivity index (χ0n) is 11.2. The molecule has 0 bridgehead atoms. The normalized spacial score (nSPS) is 10.6. The molecule has 0 atom stereocenters. The van der Waals surface area contributed by atoms with Gasteiger partial charge in [0.25, 0.3) is 5.69 Å². The van der Waals surface area contributed by atoms with Gasteiger partial charge in [-0.05, 0) is 26.2 Å². The summed E-state index contributed by atoms with van der Waals surface area (Å²) in [5.74, 6) is -1.03. The van der Waals surface area contributed by atoms with Crippen LogP contribution in [0.25, 0.3) is 0 Å². The van der Waals surface area contributed by atoms with Crippen molar-refractivity contribution in [3.05, 3.63) is 32.8 Å². The topological polar surface area (TPSA) is 86.9 Å². The number of carboxylic acid groups (broad SMARTS) is 1. The van der Waals surface area contributed by atoms with Gasteiger partial charge in [-0.2, -0.15) is 0 Å². The summed E-state index contributed by atoms with van der Waals surface area (Å²) in [5, 5.41) is 20.1. The predicted molar refractivity (Wildman–Crippen MR) is 79.2 cm³/mol. The van der Waals surface area contributed by atoms with Crippen LogP contribution in [0.1, 0.15) is 0 Å². The summed E-state index contributed by atoms with van der Waals surface area (Å²) in [6.45, 7) is 0.707. The highest BCUT2D eigenvalue weighted by atomic mass is 79.9. The molecular weight excluding hydrogens is 330 g/mol. The van der Waals surface area contributed by atoms with Crippen LogP contribution in [0.4, 0.5) is 11.4 Å². The van der Waals surface area contributed by atoms with Crippen molar-refractivity contribution in [1.82, 2.24) is 4.90 Å². The Kier molecular flexibility index (Phi) is 5.90. The average molecular weight is 346 g/mol. The van der Waals surface area contributed by atoms with Gasteiger partial charge in [-0.25, -0.2) is 0 Å². The number of carboxylic acids is 1. The molecule has 110 valence electrons. The van der Waals surface area contributed by atoms with Gasteiger partial charge in [0.05, 0.1) is 4.92 Å². The molecule has 0 spiro atoms. The molecule has 0 saturated carbocycles. The van der Waals surface area contributed by atoms with Crippen molar-refractivity contribution in [2.24, 2.45) is 0 Å². The molecule has 0 aliphatic heterocycles. The number of carbonyl (C=O) groups is 1. The number of halogens is 1. The van der Waals surface area contributed by atoms with Crippen molar-refractivity contribution in [2.75, 3.05) is 38.6 Å². The molecule has 0 unspecified atom stereocenters. The maximum atomic E-state index is 11.1. The third-order valence-electron chi connectivity index (χ3n) is 2.62. The monoisotopic (exact) mass is 345 g/mol. The van der Waals surface area contributed by atoms with E-state index in [1.165, 1.54) is 11.0 Å². The largest absolute Gasteiger partial charge is 0.480 e. The fourth-order valence-corrected chi connectivity index (χ4v) is 2.03. The molecule has 0 aliphatic carbocycles. The molecule has 1 N–H and O–H groups in total. The Morgan fingerprint density at radius 3 is 2.55 bits per heavy atom. The summed E-state index contributed by atoms with van der Waals surface area (Å²) in [6.07, 6.45) is 0. The van der Waals surface area contributed by atoms with Crippen molar-refractivity contribution in [1.29, 1.82) is 0 Å². The number of nitro benzene ring substituents is 1. The molecule has 0 radical (unpaired) electrons. The summed E-state index contributed by atoms with van der Waals surface area (Å²) in [7, 11) is 3.71. The van der Waals surface area contributed by atoms with Gasteiger partial charge in [-0.15, -0.1) is 0 Å². The van der Waals surface area contributed by atoms with Crippen LogP contribution < -0.4 is 4.90 Å². The van der Waals surface area contributed by atoms with Crippen molar-refractivity contribution in [3.63, 3.8) is 0 Å². The summed E-state index contributed by atoms with van der Waals surface area (Å²) in [6, 6.07) is 4.59. The lowest BCUT2D eigenvalue weighted by atomic mass is 10.2. The zero-order valence-corrected chi connectivity index (χ0v) is 12.8. The number of nitro groups is 1. The predicted octanol–water partition coefficient (Wildman–Crippen LogP) is 1.81. The fourth-order valence-electron chi connectivity index (χ4n) is 1.68. The summed E-state index contributed by atoms with van der Waals surface area (Å²) in [5.41, 5.74) is 0.196. The molecule has 1 aromatic rings. The van der Waals surface area contributed by atoms with Gasteiger partial charge in [0, 0.05) is 23.6 Å². The maximum Gasteiger partial charge on any atom is 0.323 e. The molecule has 20 heavy (non-hydrogen) atoms. The van der Waals surface area contributed by atoms with Crippen LogP contribution in [0.15, 0.2) is 22.7 Å². The second-order valence-corrected chi connectivity index (χ2v) is 5.42. The summed E-state index contributed by atoms with van der Waals surface area (Å²) in [4.78, 5) is 24.9. The highest BCUT2D eigenvalue weighted by Gasteiger charge is 2.21. The van der Waals surface area contributed by atoms with Gasteiger partial charge in [0.1, 0.15) is 12.2 Å². The number of rotatable bonds is 7. The van der Waals surface area contributed by atoms with Gasteiger partial charge in [0.2, 0.25) is 0 Å². The molecule has 0 aromatic heterocycles. The first kappa shape index (κ1) is 16.4. The number of anilines is 1. The Morgan fingerprint density at radius 2 is 2.05 bits per heavy atom. The lowest BCUT2D eigenvalue weighted by Gasteiger charge is -2.24. The third-order valence-corrected chi connectivity index (χ3v) is 3.11. The van der Waals surface area contributed by atoms with Crippen molar-refractivity contribution < 1.29 is 14.8 Å². The van der Waals surface area contributed by atoms with Crippen molar-refractivity contribution in [2.45, 2.75) is 0 Å². The molecular formula is C12H16BrN3O4. The Labute approximate surface area is 125 Å². The van der Waals surface area contributed by atoms with Crippen LogP contribution in [0.2, 0.25) is 0 Å². The first-order valence-corrected chi connectivity index (χ1v) is 6.66. The van der Waals surface area contributed by atoms with Gasteiger partial charge >= 0.3 is 5.97 Å². The van der Waals surface area contributed by atoms with E-state index in [0.717, 1.165) is 0 Å². The van der Waals surface area contributed by atoms with Gasteiger partial charge in [-0.3, -0.25) is 14.9 Å². The van der Waals surface area contributed by atoms with Crippen LogP contribution >= 0.6 is 15.9 Å². The minimum atomic E-state index is -1.03. The molecule has 7 nitrogen and oxygen atoms in total. The maximum absolute atomic E-state index is 11.1. The Balaban J connectivity index is 3.11. The molecule has 0 amide bonds. The smallest absolute Gasteiger partial charge is 0.323 e. The van der Waals surface area contributed by atoms with E-state index in [2.05, 4.69) is 15.9 Å². The number of hydrogen-bond acceptors (Lipinski definition) is 5. The van der Waals surface area contributed by atoms with E-state index in [4.69, 9.17) is 5.11 Å². The highest BCUT2D eigenvalue weighted by molar-refractivity contribution is 9.10. The lowest BCUT2D eigenvalue weighted by Crippen LogP contribution is -2.36. The van der Waals surface area contributed by atoms with E-state index in [9.17, 15) is 14.9 Å². The number of benzene rings is 1. The van der Waals surface area contributed by atoms with Crippen LogP contribution in [0.3, 0.4) is 0 Å². The van der Waals surface area contributed by atoms with E-state index in [1.807, 2.05) is 19.0 Å². The van der Waals surface area contributed by atoms with Gasteiger partial charge < -0.3 is 14.9 Å². The van der Waals surface area contributed by atoms with Crippen LogP contribution in [-0.4, -0.2) is 54.6 Å². The number of nitrogens with zero attached hydrogens (tertiary/aromatic N) is 3. The second-order valence-electron chi connectivity index (χ2n) is 4.51. The first-order chi connectivity index (χ1) is 9.31. The molecule has 0 saturated heterocycles. The number of aliphatic carboxylic acids is 1. The third kappa shape index (κ3) is 4.78. The Morgan fingerprint density at radius 1 is 1.40 bits per heavy atom. The summed E-state index contributed by atoms with van der Waals surface area (Å²) >= 11 is 3.18. The quantitative estimate of drug-likeness (QED) is 0.599. The van der Waals surface area contributed by atoms with Crippen LogP contribution in [0.5, 0.6) is 0 Å². The van der Waals surface area contributed by atoms with E-state index >= 15 is 0 Å². The fraction of sp³-hybridized carbons (Fsp3) is 0.417. The Hall–Kier alpha value is -1.67. The van der Waals surface area contributed by atoms with Crippen molar-refractivity contribution in [3.8, 4) is 0 Å². The second kappa shape index (κ2) is 7.20. The van der Waals surface area contributed by atoms with Gasteiger partial charge in [0.15, 0.2) is 0 Å². The van der Waals surface area contributed by atoms with E-state index in [0.29, 0.717) is 23.2 Å². The molecule has 0 heterocycles. The highest BCUT2D eigenvalue weighted by Crippen LogP contribution is 2.31. The SMILES string of the molecule is CN(C)CCN(CC(=O)O)c1ccc(Br)cc1[N+](=O)[O-]. The molecule has 0 aliphatic rings. The van der Waals surface area contributed by atoms with E-state index in [1.54, 1.807) is 12.1 Å². The molecule has 0 fully saturated rings. The van der Waals surface area contributed by atoms with Crippen LogP contribution in [0, 0.1) is 10.1 Å². The summed E-state index contributed by atoms with van der Waals surface area (Å²) < 4.78 is 0.579. The van der Waals surface area contributed by atoms with E-state index < -0.39 is 10.9 Å². The minimum absolute atomic E-state index is 0.112. The number of likely N-dealkylation sites (N-methyl/N-ethyl adjacent to an activating group) is 1. The minimum Gasteiger partial charge on any atom is -0.480 e. The standard InChI is InChI=1S/C12H16BrN3O4/c1-14(2)5-6-15(8-12(17)18)10-4-3-9(13)7-11(10)16(19)20/h3-4,7H,5-6,8H2,1-2H3,(H,17,18). The first-order valence-electron chi connectivity index (χ1n) is 5.86. The average Bonchev–Trinajstić information content (AvgIpc) is 2.33. The number of hydrogen-bond donors (Lipinski definition) is 1. The Bertz CT molecular complexity index is 507. The molecule has 8 heteroatoms. The van der Waals surface area contributed by atoms with E-state index in [-0.39, 0.29) is 12.2 Å². The molecule has 1 rings (SSSR count). The van der Waals surface area contributed by atoms with Crippen molar-refractivity contribution >= 4 is 33.3 Å². The molecule has 1 aromatic carbocycles. The zero-order chi connectivity index (χ0) is 15.3. The van der Waals surface area contributed by atoms with Crippen LogP contribution in [-0.2, 0) is 4.79 Å². The lowest BCUT2D eigenvalue weighted by molar-refractivity contribution is -0.384.